The number of fused-ring (bicyclic) bond motifs is 3. The van der Waals surface area contributed by atoms with Gasteiger partial charge in [-0.05, 0) is 24.3 Å². The molecule has 0 radical (unpaired) electrons. The van der Waals surface area contributed by atoms with Gasteiger partial charge in [-0.3, -0.25) is 9.36 Å². The molecule has 6 nitrogen and oxygen atoms in total. The van der Waals surface area contributed by atoms with Gasteiger partial charge in [0, 0.05) is 18.8 Å². The molecule has 0 aliphatic carbocycles. The van der Waals surface area contributed by atoms with Crippen molar-refractivity contribution < 1.29 is 4.74 Å². The van der Waals surface area contributed by atoms with Crippen LogP contribution in [0.1, 0.15) is 5.56 Å². The fourth-order valence-corrected chi connectivity index (χ4v) is 4.00. The van der Waals surface area contributed by atoms with Gasteiger partial charge < -0.3 is 10.1 Å². The van der Waals surface area contributed by atoms with Gasteiger partial charge in [0.1, 0.15) is 27.1 Å². The topological polar surface area (TPSA) is 69.0 Å². The average Bonchev–Trinajstić information content (AvgIpc) is 3.07. The van der Waals surface area contributed by atoms with Gasteiger partial charge in [0.25, 0.3) is 5.56 Å². The Morgan fingerprint density at radius 2 is 2.04 bits per heavy atom. The monoisotopic (exact) mass is 364 g/mol. The smallest absolute Gasteiger partial charge is 0.275 e. The first-order valence-corrected chi connectivity index (χ1v) is 8.77. The van der Waals surface area contributed by atoms with Crippen LogP contribution >= 0.6 is 11.3 Å². The second kappa shape index (κ2) is 6.27. The zero-order valence-corrected chi connectivity index (χ0v) is 15.1. The third-order valence-electron chi connectivity index (χ3n) is 4.26. The van der Waals surface area contributed by atoms with Crippen LogP contribution < -0.4 is 15.6 Å². The van der Waals surface area contributed by atoms with Crippen molar-refractivity contribution >= 4 is 43.5 Å². The van der Waals surface area contributed by atoms with E-state index in [-0.39, 0.29) is 5.56 Å². The van der Waals surface area contributed by atoms with E-state index in [4.69, 9.17) is 4.74 Å². The van der Waals surface area contributed by atoms with Crippen LogP contribution in [0.3, 0.4) is 0 Å². The fraction of sp³-hybridized carbons (Fsp3) is 0.105. The molecule has 26 heavy (non-hydrogen) atoms. The summed E-state index contributed by atoms with van der Waals surface area (Å²) >= 11 is 1.35. The maximum absolute atomic E-state index is 13.0. The zero-order chi connectivity index (χ0) is 18.3. The number of pyridine rings is 1. The molecule has 0 amide bonds. The van der Waals surface area contributed by atoms with Crippen LogP contribution in [-0.4, -0.2) is 28.7 Å². The first kappa shape index (κ1) is 16.3. The lowest BCUT2D eigenvalue weighted by Crippen LogP contribution is -2.17. The summed E-state index contributed by atoms with van der Waals surface area (Å²) < 4.78 is 7.27. The second-order valence-corrected chi connectivity index (χ2v) is 6.62. The van der Waals surface area contributed by atoms with Crippen LogP contribution in [0.15, 0.2) is 48.2 Å². The lowest BCUT2D eigenvalue weighted by molar-refractivity contribution is 0.414. The number of nitrogens with one attached hydrogen (secondary N) is 1. The van der Waals surface area contributed by atoms with E-state index >= 15 is 0 Å². The molecule has 0 fully saturated rings. The van der Waals surface area contributed by atoms with Gasteiger partial charge in [-0.25, -0.2) is 9.97 Å². The van der Waals surface area contributed by atoms with E-state index in [1.54, 1.807) is 25.7 Å². The van der Waals surface area contributed by atoms with Gasteiger partial charge in [-0.2, -0.15) is 0 Å². The molecule has 0 saturated carbocycles. The number of hydrogen-bond acceptors (Lipinski definition) is 6. The Morgan fingerprint density at radius 3 is 2.69 bits per heavy atom. The predicted molar refractivity (Wildman–Crippen MR) is 107 cm³/mol. The summed E-state index contributed by atoms with van der Waals surface area (Å²) in [5.41, 5.74) is 3.02. The van der Waals surface area contributed by atoms with Gasteiger partial charge >= 0.3 is 0 Å². The maximum atomic E-state index is 13.0. The number of aromatic nitrogens is 3. The Morgan fingerprint density at radius 1 is 1.27 bits per heavy atom. The minimum Gasteiger partial charge on any atom is -0.497 e. The number of hydrogen-bond donors (Lipinski definition) is 1. The summed E-state index contributed by atoms with van der Waals surface area (Å²) in [7, 11) is 3.44. The van der Waals surface area contributed by atoms with Gasteiger partial charge in [-0.1, -0.05) is 12.7 Å². The third kappa shape index (κ3) is 2.36. The molecular weight excluding hydrogens is 348 g/mol. The van der Waals surface area contributed by atoms with E-state index in [0.29, 0.717) is 10.2 Å². The van der Waals surface area contributed by atoms with Crippen LogP contribution in [0, 0.1) is 0 Å². The van der Waals surface area contributed by atoms with Crippen LogP contribution in [-0.2, 0) is 0 Å². The highest BCUT2D eigenvalue weighted by atomic mass is 32.1. The highest BCUT2D eigenvalue weighted by molar-refractivity contribution is 7.25. The molecule has 4 rings (SSSR count). The first-order valence-electron chi connectivity index (χ1n) is 7.95. The summed E-state index contributed by atoms with van der Waals surface area (Å²) in [5.74, 6) is 0.734. The van der Waals surface area contributed by atoms with Crippen molar-refractivity contribution in [1.82, 2.24) is 14.5 Å². The molecule has 0 bridgehead atoms. The standard InChI is InChI=1S/C19H16N4O2S/c1-4-11-9-21-18-14(15(11)20-2)16-17(26-18)19(24)23(10-22-16)12-5-7-13(25-3)8-6-12/h4-10H,1H2,2-3H3,(H,20,21). The van der Waals surface area contributed by atoms with Crippen LogP contribution in [0.5, 0.6) is 5.75 Å². The van der Waals surface area contributed by atoms with E-state index in [2.05, 4.69) is 21.9 Å². The van der Waals surface area contributed by atoms with E-state index < -0.39 is 0 Å². The van der Waals surface area contributed by atoms with Gasteiger partial charge in [0.15, 0.2) is 0 Å². The van der Waals surface area contributed by atoms with Crippen LogP contribution in [0.2, 0.25) is 0 Å². The Balaban J connectivity index is 2.00. The lowest BCUT2D eigenvalue weighted by Gasteiger charge is -2.08. The molecule has 0 spiro atoms. The largest absolute Gasteiger partial charge is 0.497 e. The highest BCUT2D eigenvalue weighted by Gasteiger charge is 2.17. The molecule has 3 heterocycles. The fourth-order valence-electron chi connectivity index (χ4n) is 2.96. The summed E-state index contributed by atoms with van der Waals surface area (Å²) in [6.07, 6.45) is 5.04. The molecule has 130 valence electrons. The van der Waals surface area contributed by atoms with E-state index in [9.17, 15) is 4.79 Å². The molecule has 0 atom stereocenters. The number of nitrogens with zero attached hydrogens (tertiary/aromatic N) is 3. The SMILES string of the molecule is C=Cc1cnc2sc3c(=O)n(-c4ccc(OC)cc4)cnc3c2c1NC. The second-order valence-electron chi connectivity index (χ2n) is 5.62. The Kier molecular flexibility index (Phi) is 3.93. The Hall–Kier alpha value is -3.19. The normalized spacial score (nSPS) is 11.0. The summed E-state index contributed by atoms with van der Waals surface area (Å²) in [6.45, 7) is 3.82. The molecule has 1 N–H and O–H groups in total. The molecular formula is C19H16N4O2S. The van der Waals surface area contributed by atoms with Crippen LogP contribution in [0.25, 0.3) is 32.2 Å². The lowest BCUT2D eigenvalue weighted by atomic mass is 10.1. The van der Waals surface area contributed by atoms with Crippen molar-refractivity contribution in [3.05, 3.63) is 59.3 Å². The zero-order valence-electron chi connectivity index (χ0n) is 14.3. The van der Waals surface area contributed by atoms with Crippen molar-refractivity contribution in [2.24, 2.45) is 0 Å². The maximum Gasteiger partial charge on any atom is 0.275 e. The molecule has 4 aromatic rings. The Labute approximate surface area is 153 Å². The summed E-state index contributed by atoms with van der Waals surface area (Å²) in [4.78, 5) is 22.8. The Bertz CT molecular complexity index is 1190. The van der Waals surface area contributed by atoms with E-state index in [0.717, 1.165) is 32.9 Å². The average molecular weight is 364 g/mol. The quantitative estimate of drug-likeness (QED) is 0.598. The number of anilines is 1. The van der Waals surface area contributed by atoms with Crippen molar-refractivity contribution in [2.45, 2.75) is 0 Å². The van der Waals surface area contributed by atoms with E-state index in [1.165, 1.54) is 15.9 Å². The van der Waals surface area contributed by atoms with Crippen molar-refractivity contribution in [2.75, 3.05) is 19.5 Å². The van der Waals surface area contributed by atoms with Crippen molar-refractivity contribution in [3.8, 4) is 11.4 Å². The van der Waals surface area contributed by atoms with E-state index in [1.807, 2.05) is 31.3 Å². The van der Waals surface area contributed by atoms with Gasteiger partial charge in [0.2, 0.25) is 0 Å². The van der Waals surface area contributed by atoms with Crippen molar-refractivity contribution in [3.63, 3.8) is 0 Å². The van der Waals surface area contributed by atoms with Crippen LogP contribution in [0.4, 0.5) is 5.69 Å². The minimum atomic E-state index is -0.120. The molecule has 7 heteroatoms. The summed E-state index contributed by atoms with van der Waals surface area (Å²) in [6, 6.07) is 7.28. The number of benzene rings is 1. The number of thiophene rings is 1. The van der Waals surface area contributed by atoms with Crippen molar-refractivity contribution in [1.29, 1.82) is 0 Å². The number of rotatable bonds is 4. The molecule has 0 unspecified atom stereocenters. The first-order chi connectivity index (χ1) is 12.7. The number of methoxy groups -OCH3 is 1. The summed E-state index contributed by atoms with van der Waals surface area (Å²) in [5, 5.41) is 4.03. The molecule has 0 aliphatic heterocycles. The molecule has 3 aromatic heterocycles. The number of ether oxygens (including phenoxy) is 1. The van der Waals surface area contributed by atoms with Gasteiger partial charge in [-0.15, -0.1) is 11.3 Å². The predicted octanol–water partition coefficient (Wildman–Crippen LogP) is 3.69. The molecule has 1 aromatic carbocycles. The minimum absolute atomic E-state index is 0.120. The molecule has 0 aliphatic rings. The van der Waals surface area contributed by atoms with Gasteiger partial charge in [0.05, 0.1) is 23.9 Å². The molecule has 0 saturated heterocycles. The highest BCUT2D eigenvalue weighted by Crippen LogP contribution is 2.36. The third-order valence-corrected chi connectivity index (χ3v) is 5.33.